The van der Waals surface area contributed by atoms with Crippen molar-refractivity contribution in [3.05, 3.63) is 40.1 Å². The van der Waals surface area contributed by atoms with E-state index in [1.54, 1.807) is 11.3 Å². The molecule has 0 unspecified atom stereocenters. The van der Waals surface area contributed by atoms with Gasteiger partial charge in [-0.25, -0.2) is 0 Å². The van der Waals surface area contributed by atoms with Crippen LogP contribution < -0.4 is 5.32 Å². The van der Waals surface area contributed by atoms with Crippen molar-refractivity contribution in [3.63, 3.8) is 0 Å². The third-order valence-electron chi connectivity index (χ3n) is 3.59. The topological polar surface area (TPSA) is 94.1 Å². The van der Waals surface area contributed by atoms with Crippen LogP contribution in [0.1, 0.15) is 36.0 Å². The molecular weight excluding hydrogens is 316 g/mol. The van der Waals surface area contributed by atoms with Crippen LogP contribution in [0.5, 0.6) is 0 Å². The highest BCUT2D eigenvalue weighted by Crippen LogP contribution is 2.40. The van der Waals surface area contributed by atoms with Crippen molar-refractivity contribution < 1.29 is 13.8 Å². The number of rotatable bonds is 6. The van der Waals surface area contributed by atoms with E-state index in [1.807, 2.05) is 22.9 Å². The van der Waals surface area contributed by atoms with Crippen LogP contribution in [-0.2, 0) is 17.8 Å². The highest BCUT2D eigenvalue weighted by molar-refractivity contribution is 7.07. The number of amides is 1. The van der Waals surface area contributed by atoms with Crippen LogP contribution in [0.4, 0.5) is 0 Å². The fourth-order valence-electron chi connectivity index (χ4n) is 2.20. The maximum Gasteiger partial charge on any atom is 0.246 e. The zero-order chi connectivity index (χ0) is 15.6. The van der Waals surface area contributed by atoms with E-state index in [0.29, 0.717) is 29.7 Å². The Labute approximate surface area is 135 Å². The average Bonchev–Trinajstić information content (AvgIpc) is 3.00. The molecule has 1 aliphatic carbocycles. The van der Waals surface area contributed by atoms with E-state index in [9.17, 15) is 4.79 Å². The van der Waals surface area contributed by atoms with Gasteiger partial charge in [0.05, 0.1) is 13.0 Å². The smallest absolute Gasteiger partial charge is 0.246 e. The van der Waals surface area contributed by atoms with E-state index >= 15 is 0 Å². The number of aromatic nitrogens is 3. The van der Waals surface area contributed by atoms with Gasteiger partial charge in [-0.3, -0.25) is 4.79 Å². The lowest BCUT2D eigenvalue weighted by Gasteiger charge is -2.00. The lowest BCUT2D eigenvalue weighted by molar-refractivity contribution is -0.120. The molecule has 1 N–H and O–H groups in total. The first-order chi connectivity index (χ1) is 11.3. The lowest BCUT2D eigenvalue weighted by atomic mass is 10.2. The van der Waals surface area contributed by atoms with Crippen molar-refractivity contribution in [3.8, 4) is 11.5 Å². The Morgan fingerprint density at radius 1 is 1.35 bits per heavy atom. The normalized spacial score (nSPS) is 14.1. The fraction of sp³-hybridized carbons (Fsp3) is 0.333. The molecule has 3 aromatic heterocycles. The highest BCUT2D eigenvalue weighted by Gasteiger charge is 2.28. The minimum absolute atomic E-state index is 0.0828. The zero-order valence-electron chi connectivity index (χ0n) is 12.2. The van der Waals surface area contributed by atoms with Gasteiger partial charge in [0.15, 0.2) is 5.69 Å². The van der Waals surface area contributed by atoms with Crippen LogP contribution in [0.3, 0.4) is 0 Å². The maximum atomic E-state index is 11.8. The van der Waals surface area contributed by atoms with E-state index in [1.165, 1.54) is 0 Å². The van der Waals surface area contributed by atoms with E-state index in [2.05, 4.69) is 20.6 Å². The largest absolute Gasteiger partial charge is 0.360 e. The SMILES string of the molecule is O=C(Cc1ccsc1)NCc1nc(-c2cc(C3CC3)on2)no1. The second-order valence-corrected chi connectivity index (χ2v) is 6.27. The quantitative estimate of drug-likeness (QED) is 0.746. The summed E-state index contributed by atoms with van der Waals surface area (Å²) in [6.45, 7) is 0.198. The number of carbonyl (C=O) groups is 1. The predicted molar refractivity (Wildman–Crippen MR) is 81.6 cm³/mol. The van der Waals surface area contributed by atoms with Crippen molar-refractivity contribution in [2.24, 2.45) is 0 Å². The predicted octanol–water partition coefficient (Wildman–Crippen LogP) is 2.52. The first-order valence-corrected chi connectivity index (χ1v) is 8.29. The summed E-state index contributed by atoms with van der Waals surface area (Å²) in [5, 5.41) is 14.5. The summed E-state index contributed by atoms with van der Waals surface area (Å²) >= 11 is 1.57. The van der Waals surface area contributed by atoms with Gasteiger partial charge in [0.1, 0.15) is 5.76 Å². The summed E-state index contributed by atoms with van der Waals surface area (Å²) in [5.74, 6) is 1.99. The summed E-state index contributed by atoms with van der Waals surface area (Å²) in [6, 6.07) is 3.78. The lowest BCUT2D eigenvalue weighted by Crippen LogP contribution is -2.24. The molecule has 1 saturated carbocycles. The Bertz CT molecular complexity index is 804. The molecule has 118 valence electrons. The Balaban J connectivity index is 1.34. The second-order valence-electron chi connectivity index (χ2n) is 5.49. The molecule has 0 aromatic carbocycles. The van der Waals surface area contributed by atoms with E-state index < -0.39 is 0 Å². The Kier molecular flexibility index (Phi) is 3.66. The van der Waals surface area contributed by atoms with Crippen LogP contribution in [0.2, 0.25) is 0 Å². The molecule has 23 heavy (non-hydrogen) atoms. The van der Waals surface area contributed by atoms with Gasteiger partial charge in [-0.2, -0.15) is 16.3 Å². The number of thiophene rings is 1. The molecule has 0 atom stereocenters. The number of carbonyl (C=O) groups excluding carboxylic acids is 1. The van der Waals surface area contributed by atoms with Crippen LogP contribution >= 0.6 is 11.3 Å². The molecule has 3 aromatic rings. The first kappa shape index (κ1) is 14.1. The molecule has 0 spiro atoms. The van der Waals surface area contributed by atoms with Gasteiger partial charge in [0, 0.05) is 12.0 Å². The van der Waals surface area contributed by atoms with Gasteiger partial charge < -0.3 is 14.4 Å². The molecule has 0 aliphatic heterocycles. The first-order valence-electron chi connectivity index (χ1n) is 7.35. The van der Waals surface area contributed by atoms with Gasteiger partial charge in [0.2, 0.25) is 17.6 Å². The summed E-state index contributed by atoms with van der Waals surface area (Å²) in [7, 11) is 0. The van der Waals surface area contributed by atoms with Crippen molar-refractivity contribution >= 4 is 17.2 Å². The molecular formula is C15H14N4O3S. The molecule has 8 heteroatoms. The molecule has 1 fully saturated rings. The molecule has 1 aliphatic rings. The van der Waals surface area contributed by atoms with Gasteiger partial charge in [-0.1, -0.05) is 10.3 Å². The van der Waals surface area contributed by atoms with Crippen LogP contribution in [0.15, 0.2) is 31.9 Å². The van der Waals surface area contributed by atoms with Crippen molar-refractivity contribution in [2.75, 3.05) is 0 Å². The minimum atomic E-state index is -0.0828. The van der Waals surface area contributed by atoms with Gasteiger partial charge >= 0.3 is 0 Å². The average molecular weight is 330 g/mol. The molecule has 3 heterocycles. The third-order valence-corrected chi connectivity index (χ3v) is 4.32. The van der Waals surface area contributed by atoms with Gasteiger partial charge in [-0.15, -0.1) is 0 Å². The zero-order valence-corrected chi connectivity index (χ0v) is 13.0. The van der Waals surface area contributed by atoms with Crippen molar-refractivity contribution in [1.29, 1.82) is 0 Å². The molecule has 0 bridgehead atoms. The summed E-state index contributed by atoms with van der Waals surface area (Å²) < 4.78 is 10.4. The monoisotopic (exact) mass is 330 g/mol. The van der Waals surface area contributed by atoms with Gasteiger partial charge in [0.25, 0.3) is 0 Å². The van der Waals surface area contributed by atoms with Crippen molar-refractivity contribution in [1.82, 2.24) is 20.6 Å². The summed E-state index contributed by atoms with van der Waals surface area (Å²) in [4.78, 5) is 16.1. The van der Waals surface area contributed by atoms with Crippen LogP contribution in [-0.4, -0.2) is 21.2 Å². The van der Waals surface area contributed by atoms with Gasteiger partial charge in [-0.05, 0) is 35.2 Å². The minimum Gasteiger partial charge on any atom is -0.360 e. The Morgan fingerprint density at radius 2 is 2.26 bits per heavy atom. The number of hydrogen-bond donors (Lipinski definition) is 1. The molecule has 1 amide bonds. The standard InChI is InChI=1S/C15H14N4O3S/c20-13(5-9-3-4-23-8-9)16-7-14-17-15(19-22-14)11-6-12(21-18-11)10-1-2-10/h3-4,6,8,10H,1-2,5,7H2,(H,16,20). The number of nitrogens with one attached hydrogen (secondary N) is 1. The molecule has 7 nitrogen and oxygen atoms in total. The van der Waals surface area contributed by atoms with E-state index in [4.69, 9.17) is 9.05 Å². The maximum absolute atomic E-state index is 11.8. The fourth-order valence-corrected chi connectivity index (χ4v) is 2.87. The number of nitrogens with zero attached hydrogens (tertiary/aromatic N) is 3. The summed E-state index contributed by atoms with van der Waals surface area (Å²) in [5.41, 5.74) is 1.56. The molecule has 0 saturated heterocycles. The highest BCUT2D eigenvalue weighted by atomic mass is 32.1. The van der Waals surface area contributed by atoms with E-state index in [0.717, 1.165) is 24.2 Å². The summed E-state index contributed by atoms with van der Waals surface area (Å²) in [6.07, 6.45) is 2.63. The Hall–Kier alpha value is -2.48. The van der Waals surface area contributed by atoms with Crippen LogP contribution in [0, 0.1) is 0 Å². The molecule has 4 rings (SSSR count). The van der Waals surface area contributed by atoms with Crippen LogP contribution in [0.25, 0.3) is 11.5 Å². The van der Waals surface area contributed by atoms with E-state index in [-0.39, 0.29) is 12.5 Å². The second kappa shape index (κ2) is 5.96. The Morgan fingerprint density at radius 3 is 3.04 bits per heavy atom. The molecule has 0 radical (unpaired) electrons. The van der Waals surface area contributed by atoms with Crippen molar-refractivity contribution in [2.45, 2.75) is 31.7 Å². The number of hydrogen-bond acceptors (Lipinski definition) is 7. The third kappa shape index (κ3) is 3.31.